The van der Waals surface area contributed by atoms with Crippen molar-refractivity contribution in [2.24, 2.45) is 0 Å². The molecule has 0 atom stereocenters. The number of amides is 1. The van der Waals surface area contributed by atoms with Crippen LogP contribution in [0.15, 0.2) is 15.3 Å². The number of aldehydes is 1. The van der Waals surface area contributed by atoms with Gasteiger partial charge in [0.25, 0.3) is 0 Å². The summed E-state index contributed by atoms with van der Waals surface area (Å²) in [6.07, 6.45) is 1.08. The molecule has 0 bridgehead atoms. The SMILES string of the molecule is CCc1cc(=O)oc(NC(C)=O)c1C=O. The minimum atomic E-state index is -0.582. The third kappa shape index (κ3) is 2.52. The highest BCUT2D eigenvalue weighted by atomic mass is 16.4. The van der Waals surface area contributed by atoms with Crippen molar-refractivity contribution in [2.45, 2.75) is 20.3 Å². The molecule has 1 aromatic heterocycles. The van der Waals surface area contributed by atoms with Crippen LogP contribution in [0.25, 0.3) is 0 Å². The first-order valence-electron chi connectivity index (χ1n) is 4.48. The van der Waals surface area contributed by atoms with E-state index in [9.17, 15) is 14.4 Å². The lowest BCUT2D eigenvalue weighted by Crippen LogP contribution is -2.13. The van der Waals surface area contributed by atoms with Crippen LogP contribution in [0.4, 0.5) is 5.88 Å². The van der Waals surface area contributed by atoms with Crippen LogP contribution < -0.4 is 10.9 Å². The van der Waals surface area contributed by atoms with Gasteiger partial charge >= 0.3 is 5.63 Å². The summed E-state index contributed by atoms with van der Waals surface area (Å²) in [5, 5.41) is 2.30. The van der Waals surface area contributed by atoms with Crippen LogP contribution in [-0.2, 0) is 11.2 Å². The van der Waals surface area contributed by atoms with E-state index in [0.29, 0.717) is 18.3 Å². The fourth-order valence-electron chi connectivity index (χ4n) is 1.23. The maximum absolute atomic E-state index is 11.1. The molecule has 1 amide bonds. The van der Waals surface area contributed by atoms with E-state index < -0.39 is 11.5 Å². The molecule has 1 aromatic rings. The average Bonchev–Trinajstić information content (AvgIpc) is 2.15. The van der Waals surface area contributed by atoms with Crippen molar-refractivity contribution in [2.75, 3.05) is 5.32 Å². The fraction of sp³-hybridized carbons (Fsp3) is 0.300. The van der Waals surface area contributed by atoms with Crippen molar-refractivity contribution in [3.05, 3.63) is 27.6 Å². The third-order valence-electron chi connectivity index (χ3n) is 1.87. The molecule has 0 aliphatic rings. The van der Waals surface area contributed by atoms with E-state index in [-0.39, 0.29) is 11.4 Å². The Bertz CT molecular complexity index is 447. The van der Waals surface area contributed by atoms with E-state index >= 15 is 0 Å². The molecule has 0 fully saturated rings. The molecule has 5 nitrogen and oxygen atoms in total. The van der Waals surface area contributed by atoms with Crippen molar-refractivity contribution in [1.29, 1.82) is 0 Å². The highest BCUT2D eigenvalue weighted by Crippen LogP contribution is 2.16. The van der Waals surface area contributed by atoms with Crippen molar-refractivity contribution >= 4 is 18.1 Å². The number of hydrogen-bond acceptors (Lipinski definition) is 4. The van der Waals surface area contributed by atoms with Gasteiger partial charge in [0.05, 0.1) is 5.56 Å². The number of anilines is 1. The first-order chi connectivity index (χ1) is 7.08. The van der Waals surface area contributed by atoms with Gasteiger partial charge in [0.15, 0.2) is 6.29 Å². The first kappa shape index (κ1) is 11.2. The lowest BCUT2D eigenvalue weighted by molar-refractivity contribution is -0.114. The van der Waals surface area contributed by atoms with E-state index in [1.165, 1.54) is 13.0 Å². The summed E-state index contributed by atoms with van der Waals surface area (Å²) in [5.74, 6) is -0.476. The molecule has 1 N–H and O–H groups in total. The van der Waals surface area contributed by atoms with Crippen molar-refractivity contribution in [1.82, 2.24) is 0 Å². The van der Waals surface area contributed by atoms with Gasteiger partial charge in [-0.05, 0) is 12.0 Å². The van der Waals surface area contributed by atoms with Gasteiger partial charge < -0.3 is 4.42 Å². The normalized spacial score (nSPS) is 9.73. The number of aryl methyl sites for hydroxylation is 1. The van der Waals surface area contributed by atoms with Crippen LogP contribution in [0.3, 0.4) is 0 Å². The van der Waals surface area contributed by atoms with Gasteiger partial charge in [-0.2, -0.15) is 0 Å². The van der Waals surface area contributed by atoms with Gasteiger partial charge in [-0.1, -0.05) is 6.92 Å². The Morgan fingerprint density at radius 2 is 2.27 bits per heavy atom. The van der Waals surface area contributed by atoms with E-state index in [0.717, 1.165) is 0 Å². The Kier molecular flexibility index (Phi) is 3.38. The highest BCUT2D eigenvalue weighted by Gasteiger charge is 2.12. The van der Waals surface area contributed by atoms with Gasteiger partial charge in [0.2, 0.25) is 11.8 Å². The topological polar surface area (TPSA) is 76.4 Å². The van der Waals surface area contributed by atoms with Gasteiger partial charge in [-0.15, -0.1) is 0 Å². The Labute approximate surface area is 86.1 Å². The number of nitrogens with one attached hydrogen (secondary N) is 1. The Morgan fingerprint density at radius 1 is 1.60 bits per heavy atom. The van der Waals surface area contributed by atoms with Gasteiger partial charge in [-0.25, -0.2) is 4.79 Å². The lowest BCUT2D eigenvalue weighted by atomic mass is 10.1. The number of hydrogen-bond donors (Lipinski definition) is 1. The molecular formula is C10H11NO4. The predicted molar refractivity (Wildman–Crippen MR) is 54.0 cm³/mol. The lowest BCUT2D eigenvalue weighted by Gasteiger charge is -2.06. The summed E-state index contributed by atoms with van der Waals surface area (Å²) in [5.41, 5.74) is 0.193. The Hall–Kier alpha value is -1.91. The second kappa shape index (κ2) is 4.54. The molecule has 0 spiro atoms. The minimum absolute atomic E-state index is 0.0816. The van der Waals surface area contributed by atoms with Crippen LogP contribution >= 0.6 is 0 Å². The summed E-state index contributed by atoms with van der Waals surface area (Å²) in [4.78, 5) is 32.7. The summed E-state index contributed by atoms with van der Waals surface area (Å²) < 4.78 is 4.73. The number of carbonyl (C=O) groups is 2. The monoisotopic (exact) mass is 209 g/mol. The minimum Gasteiger partial charge on any atom is -0.405 e. The largest absolute Gasteiger partial charge is 0.405 e. The van der Waals surface area contributed by atoms with E-state index in [2.05, 4.69) is 5.32 Å². The zero-order chi connectivity index (χ0) is 11.4. The van der Waals surface area contributed by atoms with Crippen molar-refractivity contribution < 1.29 is 14.0 Å². The molecular weight excluding hydrogens is 198 g/mol. The molecule has 0 unspecified atom stereocenters. The van der Waals surface area contributed by atoms with Gasteiger partial charge in [0.1, 0.15) is 0 Å². The molecule has 0 saturated carbocycles. The second-order valence-corrected chi connectivity index (χ2v) is 2.99. The molecule has 80 valence electrons. The summed E-state index contributed by atoms with van der Waals surface area (Å²) in [6.45, 7) is 3.08. The standard InChI is InChI=1S/C10H11NO4/c1-3-7-4-9(14)15-10(8(7)5-12)11-6(2)13/h4-5H,3H2,1-2H3,(H,11,13). The molecule has 1 heterocycles. The average molecular weight is 209 g/mol. The summed E-state index contributed by atoms with van der Waals surface area (Å²) in [7, 11) is 0. The van der Waals surface area contributed by atoms with Crippen LogP contribution in [0, 0.1) is 0 Å². The smallest absolute Gasteiger partial charge is 0.337 e. The molecule has 0 aromatic carbocycles. The molecule has 0 aliphatic carbocycles. The maximum Gasteiger partial charge on any atom is 0.337 e. The maximum atomic E-state index is 11.1. The number of carbonyl (C=O) groups excluding carboxylic acids is 2. The third-order valence-corrected chi connectivity index (χ3v) is 1.87. The van der Waals surface area contributed by atoms with Crippen molar-refractivity contribution in [3.8, 4) is 0 Å². The summed E-state index contributed by atoms with van der Waals surface area (Å²) in [6, 6.07) is 1.25. The van der Waals surface area contributed by atoms with Crippen molar-refractivity contribution in [3.63, 3.8) is 0 Å². The molecule has 15 heavy (non-hydrogen) atoms. The first-order valence-corrected chi connectivity index (χ1v) is 4.48. The highest BCUT2D eigenvalue weighted by molar-refractivity contribution is 5.93. The quantitative estimate of drug-likeness (QED) is 0.752. The second-order valence-electron chi connectivity index (χ2n) is 2.99. The fourth-order valence-corrected chi connectivity index (χ4v) is 1.23. The molecule has 0 saturated heterocycles. The molecule has 0 aliphatic heterocycles. The molecule has 1 rings (SSSR count). The van der Waals surface area contributed by atoms with Crippen LogP contribution in [0.5, 0.6) is 0 Å². The Balaban J connectivity index is 3.34. The van der Waals surface area contributed by atoms with Crippen LogP contribution in [-0.4, -0.2) is 12.2 Å². The van der Waals surface area contributed by atoms with Gasteiger partial charge in [-0.3, -0.25) is 14.9 Å². The predicted octanol–water partition coefficient (Wildman–Crippen LogP) is 0.973. The van der Waals surface area contributed by atoms with Gasteiger partial charge in [0, 0.05) is 13.0 Å². The van der Waals surface area contributed by atoms with Crippen LogP contribution in [0.1, 0.15) is 29.8 Å². The zero-order valence-corrected chi connectivity index (χ0v) is 8.49. The van der Waals surface area contributed by atoms with E-state index in [4.69, 9.17) is 4.42 Å². The number of rotatable bonds is 3. The zero-order valence-electron chi connectivity index (χ0n) is 8.49. The Morgan fingerprint density at radius 3 is 2.73 bits per heavy atom. The molecule has 5 heteroatoms. The van der Waals surface area contributed by atoms with E-state index in [1.807, 2.05) is 0 Å². The van der Waals surface area contributed by atoms with Crippen LogP contribution in [0.2, 0.25) is 0 Å². The molecule has 0 radical (unpaired) electrons. The van der Waals surface area contributed by atoms with E-state index in [1.54, 1.807) is 6.92 Å². The summed E-state index contributed by atoms with van der Waals surface area (Å²) >= 11 is 0.